The van der Waals surface area contributed by atoms with Crippen molar-refractivity contribution >= 4 is 16.9 Å². The fraction of sp³-hybridized carbons (Fsp3) is 0.727. The third-order valence-electron chi connectivity index (χ3n) is 7.25. The van der Waals surface area contributed by atoms with Gasteiger partial charge in [-0.05, 0) is 57.1 Å². The van der Waals surface area contributed by atoms with Gasteiger partial charge in [-0.3, -0.25) is 4.90 Å². The Bertz CT molecular complexity index is 801. The molecule has 2 saturated heterocycles. The van der Waals surface area contributed by atoms with E-state index in [0.717, 1.165) is 43.6 Å². The molecule has 1 aliphatic carbocycles. The van der Waals surface area contributed by atoms with E-state index in [4.69, 9.17) is 4.74 Å². The van der Waals surface area contributed by atoms with Crippen LogP contribution in [-0.2, 0) is 4.74 Å². The summed E-state index contributed by atoms with van der Waals surface area (Å²) in [5, 5.41) is 4.99. The minimum absolute atomic E-state index is 0.509. The molecule has 4 heterocycles. The Labute approximate surface area is 173 Å². The summed E-state index contributed by atoms with van der Waals surface area (Å²) in [6.07, 6.45) is 11.0. The van der Waals surface area contributed by atoms with E-state index in [1.807, 2.05) is 0 Å². The molecule has 0 aromatic carbocycles. The number of ether oxygens (including phenoxy) is 1. The number of hydrogen-bond acceptors (Lipinski definition) is 6. The summed E-state index contributed by atoms with van der Waals surface area (Å²) in [6, 6.07) is 1.27. The highest BCUT2D eigenvalue weighted by Gasteiger charge is 2.29. The third-order valence-corrected chi connectivity index (χ3v) is 7.25. The quantitative estimate of drug-likeness (QED) is 0.825. The van der Waals surface area contributed by atoms with Crippen molar-refractivity contribution in [2.75, 3.05) is 51.8 Å². The van der Waals surface area contributed by atoms with Gasteiger partial charge in [0, 0.05) is 57.7 Å². The van der Waals surface area contributed by atoms with Crippen molar-refractivity contribution in [3.63, 3.8) is 0 Å². The summed E-state index contributed by atoms with van der Waals surface area (Å²) in [4.78, 5) is 17.7. The molecule has 0 unspecified atom stereocenters. The first kappa shape index (κ1) is 19.3. The summed E-state index contributed by atoms with van der Waals surface area (Å²) >= 11 is 0. The lowest BCUT2D eigenvalue weighted by atomic mass is 9.89. The first-order chi connectivity index (χ1) is 14.3. The Balaban J connectivity index is 1.26. The average molecular weight is 399 g/mol. The summed E-state index contributed by atoms with van der Waals surface area (Å²) in [5.41, 5.74) is 2.31. The fourth-order valence-corrected chi connectivity index (χ4v) is 5.39. The monoisotopic (exact) mass is 398 g/mol. The predicted molar refractivity (Wildman–Crippen MR) is 115 cm³/mol. The molecule has 1 saturated carbocycles. The van der Waals surface area contributed by atoms with E-state index in [-0.39, 0.29) is 0 Å². The predicted octanol–water partition coefficient (Wildman–Crippen LogP) is 2.82. The van der Waals surface area contributed by atoms with E-state index in [1.54, 1.807) is 6.33 Å². The smallest absolute Gasteiger partial charge is 0.143 e. The lowest BCUT2D eigenvalue weighted by molar-refractivity contribution is 0.0856. The van der Waals surface area contributed by atoms with Crippen LogP contribution < -0.4 is 5.32 Å². The van der Waals surface area contributed by atoms with E-state index in [9.17, 15) is 0 Å². The number of rotatable bonds is 4. The van der Waals surface area contributed by atoms with E-state index < -0.39 is 0 Å². The zero-order valence-electron chi connectivity index (χ0n) is 17.6. The van der Waals surface area contributed by atoms with Gasteiger partial charge in [0.05, 0.1) is 5.39 Å². The highest BCUT2D eigenvalue weighted by molar-refractivity contribution is 5.90. The highest BCUT2D eigenvalue weighted by Crippen LogP contribution is 2.35. The van der Waals surface area contributed by atoms with Crippen molar-refractivity contribution in [2.24, 2.45) is 0 Å². The number of aromatic amines is 1. The normalized spacial score (nSPS) is 28.0. The van der Waals surface area contributed by atoms with Crippen molar-refractivity contribution in [3.8, 4) is 0 Å². The molecule has 158 valence electrons. The van der Waals surface area contributed by atoms with Gasteiger partial charge in [0.1, 0.15) is 17.8 Å². The maximum atomic E-state index is 5.56. The van der Waals surface area contributed by atoms with Crippen LogP contribution in [0.4, 0.5) is 5.82 Å². The maximum absolute atomic E-state index is 5.56. The van der Waals surface area contributed by atoms with Gasteiger partial charge in [0.15, 0.2) is 0 Å². The van der Waals surface area contributed by atoms with Crippen LogP contribution in [0.1, 0.15) is 50.0 Å². The van der Waals surface area contributed by atoms with E-state index in [2.05, 4.69) is 43.3 Å². The van der Waals surface area contributed by atoms with Crippen molar-refractivity contribution in [1.29, 1.82) is 0 Å². The van der Waals surface area contributed by atoms with Crippen molar-refractivity contribution < 1.29 is 4.74 Å². The molecule has 0 spiro atoms. The highest BCUT2D eigenvalue weighted by atomic mass is 16.5. The second-order valence-electron chi connectivity index (χ2n) is 9.07. The van der Waals surface area contributed by atoms with Gasteiger partial charge >= 0.3 is 0 Å². The fourth-order valence-electron chi connectivity index (χ4n) is 5.39. The van der Waals surface area contributed by atoms with Crippen LogP contribution in [0, 0.1) is 0 Å². The standard InChI is InChI=1S/C22H34N6O/c1-27-8-10-28(11-9-27)18-4-2-17(3-5-18)26-22-20-19(16-6-12-29-13-7-16)14-23-21(20)24-15-25-22/h14-18H,2-13H2,1H3,(H2,23,24,25,26)/t17-,18-. The average Bonchev–Trinajstić information content (AvgIpc) is 3.21. The molecule has 0 amide bonds. The van der Waals surface area contributed by atoms with Crippen LogP contribution in [0.2, 0.25) is 0 Å². The topological polar surface area (TPSA) is 69.3 Å². The zero-order valence-corrected chi connectivity index (χ0v) is 17.6. The molecule has 0 bridgehead atoms. The first-order valence-corrected chi connectivity index (χ1v) is 11.4. The molecule has 0 radical (unpaired) electrons. The molecule has 5 rings (SSSR count). The molecule has 2 aliphatic heterocycles. The van der Waals surface area contributed by atoms with Gasteiger partial charge in [0.25, 0.3) is 0 Å². The van der Waals surface area contributed by atoms with Crippen molar-refractivity contribution in [1.82, 2.24) is 24.8 Å². The largest absolute Gasteiger partial charge is 0.381 e. The SMILES string of the molecule is CN1CCN([C@H]2CC[C@H](Nc3ncnc4[nH]cc(C5CCOCC5)c34)CC2)CC1. The van der Waals surface area contributed by atoms with Crippen LogP contribution >= 0.6 is 0 Å². The number of H-pyrrole nitrogens is 1. The summed E-state index contributed by atoms with van der Waals surface area (Å²) in [7, 11) is 2.23. The van der Waals surface area contributed by atoms with Crippen LogP contribution in [0.25, 0.3) is 11.0 Å². The Hall–Kier alpha value is -1.70. The Morgan fingerprint density at radius 3 is 2.52 bits per heavy atom. The minimum Gasteiger partial charge on any atom is -0.381 e. The van der Waals surface area contributed by atoms with E-state index in [0.29, 0.717) is 12.0 Å². The molecule has 2 aromatic rings. The Morgan fingerprint density at radius 2 is 1.76 bits per heavy atom. The molecular formula is C22H34N6O. The van der Waals surface area contributed by atoms with Gasteiger partial charge in [-0.2, -0.15) is 0 Å². The van der Waals surface area contributed by atoms with Gasteiger partial charge in [-0.25, -0.2) is 9.97 Å². The summed E-state index contributed by atoms with van der Waals surface area (Å²) in [5.74, 6) is 1.55. The molecule has 3 fully saturated rings. The van der Waals surface area contributed by atoms with Crippen LogP contribution in [0.15, 0.2) is 12.5 Å². The molecular weight excluding hydrogens is 364 g/mol. The van der Waals surface area contributed by atoms with E-state index >= 15 is 0 Å². The van der Waals surface area contributed by atoms with Gasteiger partial charge in [-0.1, -0.05) is 0 Å². The number of aromatic nitrogens is 3. The number of hydrogen-bond donors (Lipinski definition) is 2. The molecule has 7 nitrogen and oxygen atoms in total. The molecule has 2 aromatic heterocycles. The minimum atomic E-state index is 0.509. The van der Waals surface area contributed by atoms with Gasteiger partial charge in [-0.15, -0.1) is 0 Å². The number of nitrogens with zero attached hydrogens (tertiary/aromatic N) is 4. The van der Waals surface area contributed by atoms with Crippen LogP contribution in [0.3, 0.4) is 0 Å². The van der Waals surface area contributed by atoms with Crippen molar-refractivity contribution in [2.45, 2.75) is 56.5 Å². The number of likely N-dealkylation sites (N-methyl/N-ethyl adjacent to an activating group) is 1. The second-order valence-corrected chi connectivity index (χ2v) is 9.07. The Kier molecular flexibility index (Phi) is 5.70. The van der Waals surface area contributed by atoms with Crippen LogP contribution in [0.5, 0.6) is 0 Å². The lowest BCUT2D eigenvalue weighted by Crippen LogP contribution is -2.50. The van der Waals surface area contributed by atoms with Crippen molar-refractivity contribution in [3.05, 3.63) is 18.1 Å². The molecule has 29 heavy (non-hydrogen) atoms. The lowest BCUT2D eigenvalue weighted by Gasteiger charge is -2.41. The van der Waals surface area contributed by atoms with Crippen LogP contribution in [-0.4, -0.2) is 83.3 Å². The number of piperazine rings is 1. The van der Waals surface area contributed by atoms with Gasteiger partial charge < -0.3 is 19.9 Å². The zero-order chi connectivity index (χ0) is 19.6. The van der Waals surface area contributed by atoms with E-state index in [1.165, 1.54) is 62.8 Å². The number of nitrogens with one attached hydrogen (secondary N) is 2. The molecule has 7 heteroatoms. The molecule has 0 atom stereocenters. The third kappa shape index (κ3) is 4.13. The summed E-state index contributed by atoms with van der Waals surface area (Å²) in [6.45, 7) is 6.57. The number of fused-ring (bicyclic) bond motifs is 1. The maximum Gasteiger partial charge on any atom is 0.143 e. The Morgan fingerprint density at radius 1 is 1.00 bits per heavy atom. The first-order valence-electron chi connectivity index (χ1n) is 11.4. The second kappa shape index (κ2) is 8.58. The van der Waals surface area contributed by atoms with Gasteiger partial charge in [0.2, 0.25) is 0 Å². The summed E-state index contributed by atoms with van der Waals surface area (Å²) < 4.78 is 5.56. The number of anilines is 1. The molecule has 3 aliphatic rings. The molecule has 2 N–H and O–H groups in total.